The van der Waals surface area contributed by atoms with Crippen molar-refractivity contribution in [2.75, 3.05) is 39.3 Å². The fraction of sp³-hybridized carbons (Fsp3) is 0.652. The van der Waals surface area contributed by atoms with E-state index in [1.165, 1.54) is 25.3 Å². The standard InChI is InChI=1S/C14H19F2N.C5H9NO.C4H7NO/c1-14(2,3)17-7-6-10(9-17)12-5-4-11(15)8-13(12)16;7-5-6-3-1-2-4-6;6-4-5-2-1-3-5/h4-5,8,10H,6-7,9H2,1-3H3;5H,1-4H2;4H,1-3H2. The zero-order chi connectivity index (χ0) is 22.1. The van der Waals surface area contributed by atoms with Gasteiger partial charge in [-0.1, -0.05) is 6.07 Å². The van der Waals surface area contributed by atoms with E-state index in [2.05, 4.69) is 25.7 Å². The molecule has 30 heavy (non-hydrogen) atoms. The Balaban J connectivity index is 0.000000200. The summed E-state index contributed by atoms with van der Waals surface area (Å²) < 4.78 is 26.5. The molecule has 3 aliphatic rings. The van der Waals surface area contributed by atoms with Crippen LogP contribution in [0.1, 0.15) is 57.9 Å². The maximum absolute atomic E-state index is 13.7. The molecule has 0 spiro atoms. The molecular weight excluding hydrogens is 388 g/mol. The third-order valence-corrected chi connectivity index (χ3v) is 5.87. The Kier molecular flexibility index (Phi) is 9.21. The lowest BCUT2D eigenvalue weighted by Gasteiger charge is -2.31. The minimum atomic E-state index is -0.503. The van der Waals surface area contributed by atoms with Crippen LogP contribution in [0.25, 0.3) is 0 Å². The fourth-order valence-electron chi connectivity index (χ4n) is 3.75. The van der Waals surface area contributed by atoms with Gasteiger partial charge in [0.05, 0.1) is 0 Å². The molecular formula is C23H35F2N3O2. The van der Waals surface area contributed by atoms with E-state index in [0.717, 1.165) is 64.6 Å². The molecule has 3 saturated heterocycles. The Hall–Kier alpha value is -2.02. The summed E-state index contributed by atoms with van der Waals surface area (Å²) >= 11 is 0. The van der Waals surface area contributed by atoms with Crippen molar-refractivity contribution in [3.8, 4) is 0 Å². The number of hydrogen-bond acceptors (Lipinski definition) is 3. The zero-order valence-electron chi connectivity index (χ0n) is 18.4. The van der Waals surface area contributed by atoms with Gasteiger partial charge in [-0.3, -0.25) is 14.5 Å². The molecule has 7 heteroatoms. The van der Waals surface area contributed by atoms with E-state index >= 15 is 0 Å². The van der Waals surface area contributed by atoms with Crippen LogP contribution < -0.4 is 0 Å². The van der Waals surface area contributed by atoms with Gasteiger partial charge in [-0.05, 0) is 64.6 Å². The summed E-state index contributed by atoms with van der Waals surface area (Å²) in [5.41, 5.74) is 0.767. The second kappa shape index (κ2) is 11.4. The molecule has 0 aromatic heterocycles. The zero-order valence-corrected chi connectivity index (χ0v) is 18.4. The fourth-order valence-corrected chi connectivity index (χ4v) is 3.75. The molecule has 2 amide bonds. The highest BCUT2D eigenvalue weighted by atomic mass is 19.1. The summed E-state index contributed by atoms with van der Waals surface area (Å²) in [6.45, 7) is 12.2. The minimum absolute atomic E-state index is 0.116. The molecule has 1 aromatic rings. The van der Waals surface area contributed by atoms with Crippen LogP contribution in [0.2, 0.25) is 0 Å². The summed E-state index contributed by atoms with van der Waals surface area (Å²) in [5.74, 6) is -0.725. The predicted molar refractivity (Wildman–Crippen MR) is 114 cm³/mol. The van der Waals surface area contributed by atoms with Gasteiger partial charge in [0.1, 0.15) is 11.6 Å². The van der Waals surface area contributed by atoms with Crippen LogP contribution in [0.4, 0.5) is 8.78 Å². The van der Waals surface area contributed by atoms with E-state index in [4.69, 9.17) is 0 Å². The number of hydrogen-bond donors (Lipinski definition) is 0. The van der Waals surface area contributed by atoms with Crippen molar-refractivity contribution >= 4 is 12.8 Å². The summed E-state index contributed by atoms with van der Waals surface area (Å²) in [4.78, 5) is 25.5. The summed E-state index contributed by atoms with van der Waals surface area (Å²) in [7, 11) is 0. The molecule has 1 atom stereocenters. The molecule has 0 bridgehead atoms. The highest BCUT2D eigenvalue weighted by Gasteiger charge is 2.32. The third kappa shape index (κ3) is 7.35. The first-order valence-electron chi connectivity index (χ1n) is 10.8. The minimum Gasteiger partial charge on any atom is -0.345 e. The average molecular weight is 424 g/mol. The Morgan fingerprint density at radius 2 is 1.47 bits per heavy atom. The quantitative estimate of drug-likeness (QED) is 0.698. The van der Waals surface area contributed by atoms with E-state index in [0.29, 0.717) is 5.56 Å². The van der Waals surface area contributed by atoms with E-state index in [1.807, 2.05) is 0 Å². The van der Waals surface area contributed by atoms with Gasteiger partial charge in [0.2, 0.25) is 12.8 Å². The second-order valence-corrected chi connectivity index (χ2v) is 9.11. The number of amides is 2. The number of halogens is 2. The number of likely N-dealkylation sites (tertiary alicyclic amines) is 3. The van der Waals surface area contributed by atoms with Gasteiger partial charge >= 0.3 is 0 Å². The number of carbonyl (C=O) groups excluding carboxylic acids is 2. The van der Waals surface area contributed by atoms with Crippen molar-refractivity contribution < 1.29 is 18.4 Å². The van der Waals surface area contributed by atoms with Gasteiger partial charge in [-0.15, -0.1) is 0 Å². The summed E-state index contributed by atoms with van der Waals surface area (Å²) in [5, 5.41) is 0. The van der Waals surface area contributed by atoms with Crippen molar-refractivity contribution in [2.45, 2.75) is 57.9 Å². The van der Waals surface area contributed by atoms with Crippen LogP contribution in [0, 0.1) is 11.6 Å². The smallest absolute Gasteiger partial charge is 0.209 e. The van der Waals surface area contributed by atoms with Gasteiger partial charge in [-0.25, -0.2) is 8.78 Å². The van der Waals surface area contributed by atoms with Crippen LogP contribution in [-0.2, 0) is 9.59 Å². The number of carbonyl (C=O) groups is 2. The molecule has 1 unspecified atom stereocenters. The van der Waals surface area contributed by atoms with Gasteiger partial charge < -0.3 is 9.80 Å². The average Bonchev–Trinajstić information content (AvgIpc) is 3.33. The van der Waals surface area contributed by atoms with Crippen molar-refractivity contribution in [1.29, 1.82) is 0 Å². The Bertz CT molecular complexity index is 684. The van der Waals surface area contributed by atoms with Crippen molar-refractivity contribution in [2.24, 2.45) is 0 Å². The van der Waals surface area contributed by atoms with Crippen molar-refractivity contribution in [1.82, 2.24) is 14.7 Å². The van der Waals surface area contributed by atoms with Crippen molar-refractivity contribution in [3.63, 3.8) is 0 Å². The van der Waals surface area contributed by atoms with Gasteiger partial charge in [0.15, 0.2) is 0 Å². The highest BCUT2D eigenvalue weighted by Crippen LogP contribution is 2.32. The normalized spacial score (nSPS) is 21.2. The van der Waals surface area contributed by atoms with Crippen LogP contribution in [0.5, 0.6) is 0 Å². The summed E-state index contributed by atoms with van der Waals surface area (Å²) in [6, 6.07) is 3.91. The molecule has 0 aliphatic carbocycles. The molecule has 3 aliphatic heterocycles. The lowest BCUT2D eigenvalue weighted by Crippen LogP contribution is -2.39. The second-order valence-electron chi connectivity index (χ2n) is 9.11. The van der Waals surface area contributed by atoms with Gasteiger partial charge in [-0.2, -0.15) is 0 Å². The first-order chi connectivity index (χ1) is 14.2. The Labute approximate surface area is 179 Å². The SMILES string of the molecule is CC(C)(C)N1CCC(c2ccc(F)cc2F)C1.O=CN1CCC1.O=CN1CCCC1. The monoisotopic (exact) mass is 423 g/mol. The van der Waals surface area contributed by atoms with Gasteiger partial charge in [0, 0.05) is 50.2 Å². The van der Waals surface area contributed by atoms with Crippen LogP contribution in [0.15, 0.2) is 18.2 Å². The molecule has 3 heterocycles. The Morgan fingerprint density at radius 1 is 0.900 bits per heavy atom. The molecule has 168 valence electrons. The maximum atomic E-state index is 13.7. The maximum Gasteiger partial charge on any atom is 0.209 e. The molecule has 4 rings (SSSR count). The topological polar surface area (TPSA) is 43.9 Å². The largest absolute Gasteiger partial charge is 0.345 e. The third-order valence-electron chi connectivity index (χ3n) is 5.87. The van der Waals surface area contributed by atoms with E-state index < -0.39 is 11.6 Å². The number of nitrogens with zero attached hydrogens (tertiary/aromatic N) is 3. The molecule has 0 N–H and O–H groups in total. The molecule has 3 fully saturated rings. The van der Waals surface area contributed by atoms with Gasteiger partial charge in [0.25, 0.3) is 0 Å². The highest BCUT2D eigenvalue weighted by molar-refractivity contribution is 5.48. The van der Waals surface area contributed by atoms with Crippen molar-refractivity contribution in [3.05, 3.63) is 35.4 Å². The van der Waals surface area contributed by atoms with Crippen LogP contribution in [-0.4, -0.2) is 72.3 Å². The number of rotatable bonds is 3. The summed E-state index contributed by atoms with van der Waals surface area (Å²) in [6.07, 6.45) is 6.34. The lowest BCUT2D eigenvalue weighted by atomic mass is 9.97. The van der Waals surface area contributed by atoms with Crippen LogP contribution >= 0.6 is 0 Å². The van der Waals surface area contributed by atoms with E-state index in [9.17, 15) is 18.4 Å². The molecule has 5 nitrogen and oxygen atoms in total. The predicted octanol–water partition coefficient (Wildman–Crippen LogP) is 3.64. The lowest BCUT2D eigenvalue weighted by molar-refractivity contribution is -0.121. The van der Waals surface area contributed by atoms with Crippen LogP contribution in [0.3, 0.4) is 0 Å². The molecule has 0 saturated carbocycles. The van der Waals surface area contributed by atoms with E-state index in [-0.39, 0.29) is 11.5 Å². The molecule has 1 aromatic carbocycles. The van der Waals surface area contributed by atoms with E-state index in [1.54, 1.807) is 15.9 Å². The molecule has 0 radical (unpaired) electrons. The first-order valence-corrected chi connectivity index (χ1v) is 10.8. The number of benzene rings is 1. The Morgan fingerprint density at radius 3 is 1.83 bits per heavy atom. The first kappa shape index (κ1) is 24.3.